The summed E-state index contributed by atoms with van der Waals surface area (Å²) in [5, 5.41) is 1.02. The maximum Gasteiger partial charge on any atom is 0.237 e. The largest absolute Gasteiger partial charge is 0.379 e. The van der Waals surface area contributed by atoms with E-state index in [-0.39, 0.29) is 11.3 Å². The summed E-state index contributed by atoms with van der Waals surface area (Å²) in [6.45, 7) is 13.2. The lowest BCUT2D eigenvalue weighted by molar-refractivity contribution is -0.124. The second-order valence-corrected chi connectivity index (χ2v) is 11.9. The first kappa shape index (κ1) is 24.9. The Labute approximate surface area is 218 Å². The molecule has 3 heterocycles. The van der Waals surface area contributed by atoms with Crippen molar-refractivity contribution in [2.24, 2.45) is 0 Å². The number of hydrogen-bond donors (Lipinski definition) is 0. The summed E-state index contributed by atoms with van der Waals surface area (Å²) >= 11 is 12.9. The van der Waals surface area contributed by atoms with E-state index in [4.69, 9.17) is 27.9 Å². The Balaban J connectivity index is 1.36. The number of fused-ring (bicyclic) bond motifs is 2. The number of benzene rings is 2. The monoisotopic (exact) mass is 515 g/mol. The van der Waals surface area contributed by atoms with Crippen molar-refractivity contribution < 1.29 is 9.53 Å². The van der Waals surface area contributed by atoms with Crippen LogP contribution in [0, 0.1) is 0 Å². The van der Waals surface area contributed by atoms with Crippen molar-refractivity contribution in [2.75, 3.05) is 62.3 Å². The lowest BCUT2D eigenvalue weighted by Gasteiger charge is -2.40. The highest BCUT2D eigenvalue weighted by molar-refractivity contribution is 6.42. The van der Waals surface area contributed by atoms with Crippen LogP contribution in [0.2, 0.25) is 10.0 Å². The van der Waals surface area contributed by atoms with Crippen molar-refractivity contribution in [2.45, 2.75) is 44.4 Å². The third-order valence-corrected chi connectivity index (χ3v) is 8.68. The molecule has 0 aromatic heterocycles. The zero-order valence-electron chi connectivity index (χ0n) is 20.9. The van der Waals surface area contributed by atoms with Crippen molar-refractivity contribution in [3.63, 3.8) is 0 Å². The minimum atomic E-state index is -0.531. The van der Waals surface area contributed by atoms with E-state index >= 15 is 0 Å². The van der Waals surface area contributed by atoms with Gasteiger partial charge in [0, 0.05) is 50.6 Å². The Morgan fingerprint density at radius 3 is 2.17 bits per heavy atom. The minimum Gasteiger partial charge on any atom is -0.379 e. The Bertz CT molecular complexity index is 1080. The number of rotatable bonds is 4. The van der Waals surface area contributed by atoms with Crippen LogP contribution < -0.4 is 9.80 Å². The van der Waals surface area contributed by atoms with Gasteiger partial charge in [0.05, 0.1) is 28.7 Å². The zero-order valence-corrected chi connectivity index (χ0v) is 22.5. The molecule has 0 bridgehead atoms. The number of ether oxygens (including phenoxy) is 1. The average Bonchev–Trinajstić information content (AvgIpc) is 3.05. The lowest BCUT2D eigenvalue weighted by Crippen LogP contribution is -2.50. The molecule has 188 valence electrons. The molecule has 0 aliphatic carbocycles. The first-order valence-electron chi connectivity index (χ1n) is 12.7. The first-order chi connectivity index (χ1) is 16.7. The van der Waals surface area contributed by atoms with E-state index < -0.39 is 5.41 Å². The number of nitrogens with zero attached hydrogens (tertiary/aromatic N) is 3. The van der Waals surface area contributed by atoms with Crippen LogP contribution in [0.5, 0.6) is 0 Å². The summed E-state index contributed by atoms with van der Waals surface area (Å²) < 4.78 is 5.48. The highest BCUT2D eigenvalue weighted by Crippen LogP contribution is 2.50. The number of hydrogen-bond acceptors (Lipinski definition) is 4. The molecule has 2 saturated heterocycles. The van der Waals surface area contributed by atoms with E-state index in [1.807, 2.05) is 17.0 Å². The molecular formula is C28H35Cl2N3O2. The highest BCUT2D eigenvalue weighted by atomic mass is 35.5. The number of halogens is 2. The van der Waals surface area contributed by atoms with Gasteiger partial charge in [-0.25, -0.2) is 0 Å². The number of amides is 1. The van der Waals surface area contributed by atoms with Crippen LogP contribution in [0.3, 0.4) is 0 Å². The smallest absolute Gasteiger partial charge is 0.237 e. The van der Waals surface area contributed by atoms with E-state index in [9.17, 15) is 4.79 Å². The number of anilines is 2. The molecule has 3 aliphatic rings. The number of carbonyl (C=O) groups is 1. The average molecular weight is 517 g/mol. The maximum atomic E-state index is 14.0. The van der Waals surface area contributed by atoms with E-state index in [1.165, 1.54) is 11.3 Å². The van der Waals surface area contributed by atoms with E-state index in [1.54, 1.807) is 0 Å². The minimum absolute atomic E-state index is 0.135. The van der Waals surface area contributed by atoms with Crippen molar-refractivity contribution in [1.82, 2.24) is 4.90 Å². The second kappa shape index (κ2) is 9.59. The zero-order chi connectivity index (χ0) is 24.8. The van der Waals surface area contributed by atoms with Crippen LogP contribution >= 0.6 is 23.2 Å². The van der Waals surface area contributed by atoms with Gasteiger partial charge in [-0.1, -0.05) is 56.1 Å². The number of morpholine rings is 1. The van der Waals surface area contributed by atoms with Gasteiger partial charge in [0.15, 0.2) is 0 Å². The molecule has 7 heteroatoms. The van der Waals surface area contributed by atoms with Gasteiger partial charge in [0.1, 0.15) is 0 Å². The molecule has 0 N–H and O–H groups in total. The first-order valence-corrected chi connectivity index (χ1v) is 13.4. The summed E-state index contributed by atoms with van der Waals surface area (Å²) in [7, 11) is 0. The molecule has 1 amide bonds. The third-order valence-electron chi connectivity index (χ3n) is 7.96. The van der Waals surface area contributed by atoms with Gasteiger partial charge in [-0.15, -0.1) is 0 Å². The van der Waals surface area contributed by atoms with Crippen LogP contribution in [-0.2, 0) is 20.4 Å². The van der Waals surface area contributed by atoms with Gasteiger partial charge >= 0.3 is 0 Å². The van der Waals surface area contributed by atoms with Crippen LogP contribution in [0.4, 0.5) is 11.4 Å². The fourth-order valence-electron chi connectivity index (χ4n) is 5.72. The predicted octanol–water partition coefficient (Wildman–Crippen LogP) is 5.51. The van der Waals surface area contributed by atoms with E-state index in [2.05, 4.69) is 54.8 Å². The molecule has 1 spiro atoms. The lowest BCUT2D eigenvalue weighted by atomic mass is 9.73. The van der Waals surface area contributed by atoms with Gasteiger partial charge in [0.25, 0.3) is 0 Å². The van der Waals surface area contributed by atoms with Crippen molar-refractivity contribution in [1.29, 1.82) is 0 Å². The van der Waals surface area contributed by atoms with Gasteiger partial charge in [-0.3, -0.25) is 9.69 Å². The molecule has 2 fully saturated rings. The topological polar surface area (TPSA) is 36.0 Å². The van der Waals surface area contributed by atoms with Gasteiger partial charge in [-0.05, 0) is 53.6 Å². The normalized spacial score (nSPS) is 20.5. The van der Waals surface area contributed by atoms with E-state index in [0.717, 1.165) is 70.0 Å². The molecule has 0 saturated carbocycles. The van der Waals surface area contributed by atoms with Crippen molar-refractivity contribution in [3.8, 4) is 0 Å². The Morgan fingerprint density at radius 2 is 1.54 bits per heavy atom. The molecule has 5 nitrogen and oxygen atoms in total. The number of piperidine rings is 1. The Morgan fingerprint density at radius 1 is 0.914 bits per heavy atom. The van der Waals surface area contributed by atoms with Gasteiger partial charge in [0.2, 0.25) is 5.91 Å². The van der Waals surface area contributed by atoms with Gasteiger partial charge < -0.3 is 14.5 Å². The van der Waals surface area contributed by atoms with Crippen LogP contribution in [0.1, 0.15) is 44.7 Å². The summed E-state index contributed by atoms with van der Waals surface area (Å²) in [4.78, 5) is 20.7. The molecule has 35 heavy (non-hydrogen) atoms. The molecule has 5 rings (SSSR count). The maximum absolute atomic E-state index is 14.0. The predicted molar refractivity (Wildman–Crippen MR) is 144 cm³/mol. The second-order valence-electron chi connectivity index (χ2n) is 11.1. The van der Waals surface area contributed by atoms with Crippen LogP contribution in [0.25, 0.3) is 0 Å². The summed E-state index contributed by atoms with van der Waals surface area (Å²) in [6.07, 6.45) is 1.54. The molecule has 2 aromatic carbocycles. The standard InChI is InChI=1S/C28H35Cl2N3O2/c1-27(2,3)20-4-6-21(7-5-20)32-10-8-28(9-11-32)22-18-23(29)24(30)19-25(22)33(26(28)34)13-12-31-14-16-35-17-15-31/h4-7,18-19H,8-17H2,1-3H3. The van der Waals surface area contributed by atoms with Crippen LogP contribution in [-0.4, -0.2) is 63.3 Å². The number of carbonyl (C=O) groups excluding carboxylic acids is 1. The highest BCUT2D eigenvalue weighted by Gasteiger charge is 2.52. The summed E-state index contributed by atoms with van der Waals surface area (Å²) in [6, 6.07) is 12.7. The molecule has 2 aromatic rings. The fraction of sp³-hybridized carbons (Fsp3) is 0.536. The van der Waals surface area contributed by atoms with Crippen molar-refractivity contribution >= 4 is 40.5 Å². The molecule has 3 aliphatic heterocycles. The summed E-state index contributed by atoms with van der Waals surface area (Å²) in [5.74, 6) is 0.196. The Kier molecular flexibility index (Phi) is 6.82. The molecule has 0 radical (unpaired) electrons. The van der Waals surface area contributed by atoms with Gasteiger partial charge in [-0.2, -0.15) is 0 Å². The van der Waals surface area contributed by atoms with Crippen LogP contribution in [0.15, 0.2) is 36.4 Å². The SMILES string of the molecule is CC(C)(C)c1ccc(N2CCC3(CC2)C(=O)N(CCN2CCOCC2)c2cc(Cl)c(Cl)cc23)cc1. The molecule has 0 atom stereocenters. The summed E-state index contributed by atoms with van der Waals surface area (Å²) in [5.41, 5.74) is 4.13. The molecular weight excluding hydrogens is 481 g/mol. The fourth-order valence-corrected chi connectivity index (χ4v) is 6.04. The molecule has 0 unspecified atom stereocenters. The third kappa shape index (κ3) is 4.69. The quantitative estimate of drug-likeness (QED) is 0.537. The van der Waals surface area contributed by atoms with Crippen molar-refractivity contribution in [3.05, 3.63) is 57.6 Å². The van der Waals surface area contributed by atoms with E-state index in [0.29, 0.717) is 16.6 Å². The Hall–Kier alpha value is -1.79.